The number of aromatic nitrogens is 1. The minimum Gasteiger partial charge on any atom is -0.325 e. The molecule has 1 N–H and O–H groups in total. The molecule has 2 aromatic heterocycles. The molecule has 5 nitrogen and oxygen atoms in total. The number of thiazole rings is 1. The van der Waals surface area contributed by atoms with E-state index in [0.29, 0.717) is 11.6 Å². The summed E-state index contributed by atoms with van der Waals surface area (Å²) in [4.78, 5) is 33.4. The van der Waals surface area contributed by atoms with Gasteiger partial charge in [0.15, 0.2) is 0 Å². The van der Waals surface area contributed by atoms with Gasteiger partial charge in [-0.25, -0.2) is 4.98 Å². The van der Waals surface area contributed by atoms with Crippen LogP contribution in [-0.2, 0) is 9.59 Å². The Morgan fingerprint density at radius 3 is 2.86 bits per heavy atom. The summed E-state index contributed by atoms with van der Waals surface area (Å²) in [5, 5.41) is 6.53. The molecule has 1 aliphatic heterocycles. The van der Waals surface area contributed by atoms with Gasteiger partial charge in [0.25, 0.3) is 0 Å². The molecule has 144 valence electrons. The molecular formula is C20H18ClN3O2S2. The Bertz CT molecular complexity index is 1060. The summed E-state index contributed by atoms with van der Waals surface area (Å²) in [5.74, 6) is -0.597. The van der Waals surface area contributed by atoms with Crippen LogP contribution in [0.15, 0.2) is 35.7 Å². The maximum Gasteiger partial charge on any atom is 0.229 e. The number of hydrogen-bond acceptors (Lipinski definition) is 5. The standard InChI is InChI=1S/C20H18ClN3O2S2/c1-11-10-27-20(22-11)17-8-16(12(2)28-17)23-19(26)13-6-18(25)24(9-13)15-5-3-4-14(21)7-15/h3-5,7-8,10,13H,6,9H2,1-2H3,(H,23,26)/t13-/m1/s1. The van der Waals surface area contributed by atoms with E-state index in [2.05, 4.69) is 10.3 Å². The number of carbonyl (C=O) groups excluding carboxylic acids is 2. The van der Waals surface area contributed by atoms with Crippen LogP contribution in [-0.4, -0.2) is 23.3 Å². The van der Waals surface area contributed by atoms with Gasteiger partial charge in [0.1, 0.15) is 5.01 Å². The quantitative estimate of drug-likeness (QED) is 0.622. The second-order valence-corrected chi connectivity index (χ2v) is 9.30. The van der Waals surface area contributed by atoms with E-state index >= 15 is 0 Å². The molecule has 0 unspecified atom stereocenters. The first-order chi connectivity index (χ1) is 13.4. The lowest BCUT2D eigenvalue weighted by molar-refractivity contribution is -0.122. The highest BCUT2D eigenvalue weighted by molar-refractivity contribution is 7.21. The van der Waals surface area contributed by atoms with Gasteiger partial charge in [-0.15, -0.1) is 22.7 Å². The summed E-state index contributed by atoms with van der Waals surface area (Å²) >= 11 is 9.23. The lowest BCUT2D eigenvalue weighted by Crippen LogP contribution is -2.28. The van der Waals surface area contributed by atoms with Crippen molar-refractivity contribution in [1.29, 1.82) is 0 Å². The molecule has 8 heteroatoms. The van der Waals surface area contributed by atoms with Gasteiger partial charge in [0.2, 0.25) is 11.8 Å². The molecule has 1 aromatic carbocycles. The van der Waals surface area contributed by atoms with E-state index in [1.54, 1.807) is 45.8 Å². The molecule has 4 rings (SSSR count). The average Bonchev–Trinajstić information content (AvgIpc) is 3.34. The molecule has 3 aromatic rings. The van der Waals surface area contributed by atoms with Crippen LogP contribution in [0.4, 0.5) is 11.4 Å². The topological polar surface area (TPSA) is 62.3 Å². The Labute approximate surface area is 176 Å². The van der Waals surface area contributed by atoms with Crippen LogP contribution < -0.4 is 10.2 Å². The molecule has 0 saturated carbocycles. The van der Waals surface area contributed by atoms with Crippen molar-refractivity contribution in [2.45, 2.75) is 20.3 Å². The van der Waals surface area contributed by atoms with E-state index in [-0.39, 0.29) is 18.2 Å². The lowest BCUT2D eigenvalue weighted by atomic mass is 10.1. The number of nitrogens with zero attached hydrogens (tertiary/aromatic N) is 2. The van der Waals surface area contributed by atoms with E-state index in [1.165, 1.54) is 0 Å². The Balaban J connectivity index is 1.47. The van der Waals surface area contributed by atoms with Crippen LogP contribution in [0, 0.1) is 19.8 Å². The lowest BCUT2D eigenvalue weighted by Gasteiger charge is -2.17. The van der Waals surface area contributed by atoms with E-state index in [0.717, 1.165) is 31.8 Å². The summed E-state index contributed by atoms with van der Waals surface area (Å²) in [7, 11) is 0. The van der Waals surface area contributed by atoms with Crippen molar-refractivity contribution in [3.8, 4) is 9.88 Å². The normalized spacial score (nSPS) is 16.6. The van der Waals surface area contributed by atoms with Gasteiger partial charge in [-0.2, -0.15) is 0 Å². The van der Waals surface area contributed by atoms with Gasteiger partial charge in [0, 0.05) is 39.6 Å². The summed E-state index contributed by atoms with van der Waals surface area (Å²) in [6, 6.07) is 9.09. The summed E-state index contributed by atoms with van der Waals surface area (Å²) in [6.07, 6.45) is 0.195. The number of carbonyl (C=O) groups is 2. The molecule has 1 atom stereocenters. The number of aryl methyl sites for hydroxylation is 2. The molecule has 3 heterocycles. The molecule has 0 radical (unpaired) electrons. The van der Waals surface area contributed by atoms with Crippen molar-refractivity contribution >= 4 is 57.5 Å². The van der Waals surface area contributed by atoms with Crippen molar-refractivity contribution in [1.82, 2.24) is 4.98 Å². The zero-order valence-electron chi connectivity index (χ0n) is 15.4. The fraction of sp³-hybridized carbons (Fsp3) is 0.250. The number of nitrogens with one attached hydrogen (secondary N) is 1. The number of rotatable bonds is 4. The highest BCUT2D eigenvalue weighted by Gasteiger charge is 2.35. The van der Waals surface area contributed by atoms with Crippen LogP contribution in [0.3, 0.4) is 0 Å². The van der Waals surface area contributed by atoms with Crippen molar-refractivity contribution in [3.63, 3.8) is 0 Å². The molecular weight excluding hydrogens is 414 g/mol. The van der Waals surface area contributed by atoms with E-state index in [1.807, 2.05) is 31.4 Å². The Hall–Kier alpha value is -2.22. The molecule has 28 heavy (non-hydrogen) atoms. The second-order valence-electron chi connectivity index (χ2n) is 6.75. The monoisotopic (exact) mass is 431 g/mol. The van der Waals surface area contributed by atoms with Gasteiger partial charge in [-0.3, -0.25) is 9.59 Å². The fourth-order valence-corrected chi connectivity index (χ4v) is 5.21. The minimum atomic E-state index is -0.392. The number of thiophene rings is 1. The highest BCUT2D eigenvalue weighted by Crippen LogP contribution is 2.36. The van der Waals surface area contributed by atoms with Gasteiger partial charge in [-0.05, 0) is 38.1 Å². The third-order valence-electron chi connectivity index (χ3n) is 4.62. The third-order valence-corrected chi connectivity index (χ3v) is 7.04. The average molecular weight is 432 g/mol. The number of halogens is 1. The van der Waals surface area contributed by atoms with Crippen molar-refractivity contribution in [2.75, 3.05) is 16.8 Å². The van der Waals surface area contributed by atoms with Crippen LogP contribution in [0.25, 0.3) is 9.88 Å². The Kier molecular flexibility index (Phi) is 5.23. The molecule has 1 saturated heterocycles. The molecule has 2 amide bonds. The first kappa shape index (κ1) is 19.1. The zero-order chi connectivity index (χ0) is 19.8. The SMILES string of the molecule is Cc1csc(-c2cc(NC(=O)[C@@H]3CC(=O)N(c4cccc(Cl)c4)C3)c(C)s2)n1. The van der Waals surface area contributed by atoms with E-state index < -0.39 is 5.92 Å². The first-order valence-electron chi connectivity index (χ1n) is 8.80. The molecule has 0 aliphatic carbocycles. The fourth-order valence-electron chi connectivity index (χ4n) is 3.19. The van der Waals surface area contributed by atoms with Gasteiger partial charge < -0.3 is 10.2 Å². The van der Waals surface area contributed by atoms with Crippen LogP contribution >= 0.6 is 34.3 Å². The largest absolute Gasteiger partial charge is 0.325 e. The van der Waals surface area contributed by atoms with Crippen molar-refractivity contribution in [3.05, 3.63) is 51.3 Å². The summed E-state index contributed by atoms with van der Waals surface area (Å²) in [5.41, 5.74) is 2.50. The third kappa shape index (κ3) is 3.83. The maximum atomic E-state index is 12.8. The maximum absolute atomic E-state index is 12.8. The zero-order valence-corrected chi connectivity index (χ0v) is 17.7. The summed E-state index contributed by atoms with van der Waals surface area (Å²) in [6.45, 7) is 4.29. The van der Waals surface area contributed by atoms with Gasteiger partial charge >= 0.3 is 0 Å². The van der Waals surface area contributed by atoms with Gasteiger partial charge in [-0.1, -0.05) is 17.7 Å². The number of anilines is 2. The second kappa shape index (κ2) is 7.66. The van der Waals surface area contributed by atoms with Crippen LogP contribution in [0.5, 0.6) is 0 Å². The van der Waals surface area contributed by atoms with E-state index in [4.69, 9.17) is 11.6 Å². The van der Waals surface area contributed by atoms with Gasteiger partial charge in [0.05, 0.1) is 16.5 Å². The van der Waals surface area contributed by atoms with Crippen LogP contribution in [0.1, 0.15) is 17.0 Å². The van der Waals surface area contributed by atoms with Crippen LogP contribution in [0.2, 0.25) is 5.02 Å². The highest BCUT2D eigenvalue weighted by atomic mass is 35.5. The van der Waals surface area contributed by atoms with Crippen molar-refractivity contribution in [2.24, 2.45) is 5.92 Å². The molecule has 0 spiro atoms. The molecule has 0 bridgehead atoms. The van der Waals surface area contributed by atoms with Crippen molar-refractivity contribution < 1.29 is 9.59 Å². The number of hydrogen-bond donors (Lipinski definition) is 1. The molecule has 1 fully saturated rings. The number of amides is 2. The molecule has 1 aliphatic rings. The first-order valence-corrected chi connectivity index (χ1v) is 10.9. The Morgan fingerprint density at radius 1 is 1.32 bits per heavy atom. The number of benzene rings is 1. The van der Waals surface area contributed by atoms with E-state index in [9.17, 15) is 9.59 Å². The smallest absolute Gasteiger partial charge is 0.229 e. The predicted octanol–water partition coefficient (Wildman–Crippen LogP) is 5.13. The summed E-state index contributed by atoms with van der Waals surface area (Å²) < 4.78 is 0. The Morgan fingerprint density at radius 2 is 2.14 bits per heavy atom. The minimum absolute atomic E-state index is 0.0663. The predicted molar refractivity (Wildman–Crippen MR) is 115 cm³/mol.